The second kappa shape index (κ2) is 3.58. The zero-order valence-electron chi connectivity index (χ0n) is 8.10. The predicted octanol–water partition coefficient (Wildman–Crippen LogP) is 3.18. The fraction of sp³-hybridized carbons (Fsp3) is 0. The first kappa shape index (κ1) is 9.46. The van der Waals surface area contributed by atoms with Crippen molar-refractivity contribution in [1.29, 1.82) is 0 Å². The van der Waals surface area contributed by atoms with Crippen LogP contribution < -0.4 is 0 Å². The van der Waals surface area contributed by atoms with Gasteiger partial charge in [-0.15, -0.1) is 0 Å². The molecule has 74 valence electrons. The Labute approximate surface area is 87.5 Å². The number of hydrogen-bond donors (Lipinski definition) is 1. The topological polar surface area (TPSA) is 37.3 Å². The molecule has 2 aromatic rings. The zero-order valence-corrected chi connectivity index (χ0v) is 8.10. The Bertz CT molecular complexity index is 541. The van der Waals surface area contributed by atoms with Gasteiger partial charge in [-0.1, -0.05) is 30.9 Å². The number of fused-ring (bicyclic) bond motifs is 1. The molecular formula is C13H10O2. The molecule has 1 N–H and O–H groups in total. The van der Waals surface area contributed by atoms with E-state index in [1.807, 2.05) is 24.3 Å². The van der Waals surface area contributed by atoms with Crippen molar-refractivity contribution in [2.45, 2.75) is 0 Å². The van der Waals surface area contributed by atoms with E-state index in [2.05, 4.69) is 6.58 Å². The van der Waals surface area contributed by atoms with Crippen LogP contribution >= 0.6 is 0 Å². The third kappa shape index (κ3) is 1.74. The number of carbonyl (C=O) groups is 1. The molecule has 0 spiro atoms. The molecule has 0 saturated heterocycles. The van der Waals surface area contributed by atoms with Crippen LogP contribution in [-0.4, -0.2) is 11.1 Å². The van der Waals surface area contributed by atoms with Gasteiger partial charge in [0.25, 0.3) is 0 Å². The fourth-order valence-electron chi connectivity index (χ4n) is 1.52. The number of benzene rings is 2. The maximum atomic E-state index is 10.8. The van der Waals surface area contributed by atoms with Gasteiger partial charge in [-0.05, 0) is 34.5 Å². The lowest BCUT2D eigenvalue weighted by Crippen LogP contribution is -1.95. The third-order valence-corrected chi connectivity index (χ3v) is 2.35. The average Bonchev–Trinajstić information content (AvgIpc) is 2.27. The Morgan fingerprint density at radius 3 is 2.47 bits per heavy atom. The van der Waals surface area contributed by atoms with Crippen LogP contribution in [0.15, 0.2) is 43.0 Å². The summed E-state index contributed by atoms with van der Waals surface area (Å²) in [6, 6.07) is 10.9. The van der Waals surface area contributed by atoms with Gasteiger partial charge in [0.2, 0.25) is 0 Å². The monoisotopic (exact) mass is 198 g/mol. The number of aromatic carboxylic acids is 1. The van der Waals surface area contributed by atoms with Gasteiger partial charge in [0.1, 0.15) is 0 Å². The molecular weight excluding hydrogens is 188 g/mol. The largest absolute Gasteiger partial charge is 0.478 e. The van der Waals surface area contributed by atoms with Crippen molar-refractivity contribution in [1.82, 2.24) is 0 Å². The molecule has 0 unspecified atom stereocenters. The first-order valence-electron chi connectivity index (χ1n) is 4.60. The first-order chi connectivity index (χ1) is 7.20. The fourth-order valence-corrected chi connectivity index (χ4v) is 1.52. The SMILES string of the molecule is C=Cc1ccc2cc(C(=O)O)ccc2c1. The summed E-state index contributed by atoms with van der Waals surface area (Å²) in [5.74, 6) is -0.898. The zero-order chi connectivity index (χ0) is 10.8. The van der Waals surface area contributed by atoms with E-state index >= 15 is 0 Å². The summed E-state index contributed by atoms with van der Waals surface area (Å²) in [6.45, 7) is 3.69. The van der Waals surface area contributed by atoms with Crippen molar-refractivity contribution in [3.05, 3.63) is 54.1 Å². The molecule has 2 aromatic carbocycles. The van der Waals surface area contributed by atoms with Crippen LogP contribution in [0.25, 0.3) is 16.8 Å². The van der Waals surface area contributed by atoms with Gasteiger partial charge < -0.3 is 5.11 Å². The lowest BCUT2D eigenvalue weighted by Gasteiger charge is -2.01. The van der Waals surface area contributed by atoms with E-state index in [-0.39, 0.29) is 0 Å². The highest BCUT2D eigenvalue weighted by atomic mass is 16.4. The standard InChI is InChI=1S/C13H10O2/c1-2-9-3-4-11-8-12(13(14)15)6-5-10(11)7-9/h2-8H,1H2,(H,14,15). The molecule has 0 aliphatic heterocycles. The minimum atomic E-state index is -0.898. The van der Waals surface area contributed by atoms with E-state index in [1.165, 1.54) is 0 Å². The van der Waals surface area contributed by atoms with Crippen molar-refractivity contribution >= 4 is 22.8 Å². The summed E-state index contributed by atoms with van der Waals surface area (Å²) >= 11 is 0. The van der Waals surface area contributed by atoms with Gasteiger partial charge in [0, 0.05) is 0 Å². The lowest BCUT2D eigenvalue weighted by atomic mass is 10.0. The molecule has 0 aliphatic carbocycles. The number of hydrogen-bond acceptors (Lipinski definition) is 1. The van der Waals surface area contributed by atoms with Gasteiger partial charge >= 0.3 is 5.97 Å². The Morgan fingerprint density at radius 2 is 1.80 bits per heavy atom. The molecule has 0 amide bonds. The van der Waals surface area contributed by atoms with E-state index in [0.29, 0.717) is 5.56 Å². The van der Waals surface area contributed by atoms with E-state index in [4.69, 9.17) is 5.11 Å². The van der Waals surface area contributed by atoms with E-state index < -0.39 is 5.97 Å². The molecule has 2 rings (SSSR count). The van der Waals surface area contributed by atoms with Crippen LogP contribution in [0.3, 0.4) is 0 Å². The lowest BCUT2D eigenvalue weighted by molar-refractivity contribution is 0.0697. The van der Waals surface area contributed by atoms with Crippen LogP contribution in [0, 0.1) is 0 Å². The van der Waals surface area contributed by atoms with Crippen molar-refractivity contribution in [3.63, 3.8) is 0 Å². The molecule has 0 radical (unpaired) electrons. The summed E-state index contributed by atoms with van der Waals surface area (Å²) < 4.78 is 0. The molecule has 0 saturated carbocycles. The highest BCUT2D eigenvalue weighted by Crippen LogP contribution is 2.18. The molecule has 0 heterocycles. The molecule has 15 heavy (non-hydrogen) atoms. The first-order valence-corrected chi connectivity index (χ1v) is 4.60. The van der Waals surface area contributed by atoms with Crippen molar-refractivity contribution in [2.75, 3.05) is 0 Å². The molecule has 0 aromatic heterocycles. The Morgan fingerprint density at radius 1 is 1.13 bits per heavy atom. The smallest absolute Gasteiger partial charge is 0.335 e. The van der Waals surface area contributed by atoms with Gasteiger partial charge in [0.05, 0.1) is 5.56 Å². The summed E-state index contributed by atoms with van der Waals surface area (Å²) in [5.41, 5.74) is 1.35. The summed E-state index contributed by atoms with van der Waals surface area (Å²) in [5, 5.41) is 10.8. The molecule has 0 fully saturated rings. The van der Waals surface area contributed by atoms with Crippen LogP contribution in [-0.2, 0) is 0 Å². The predicted molar refractivity (Wildman–Crippen MR) is 61.0 cm³/mol. The number of carboxylic acids is 1. The second-order valence-corrected chi connectivity index (χ2v) is 3.33. The minimum Gasteiger partial charge on any atom is -0.478 e. The normalized spacial score (nSPS) is 10.1. The van der Waals surface area contributed by atoms with Crippen molar-refractivity contribution < 1.29 is 9.90 Å². The van der Waals surface area contributed by atoms with Crippen LogP contribution in [0.1, 0.15) is 15.9 Å². The highest BCUT2D eigenvalue weighted by Gasteiger charge is 2.03. The summed E-state index contributed by atoms with van der Waals surface area (Å²) in [7, 11) is 0. The molecule has 2 nitrogen and oxygen atoms in total. The van der Waals surface area contributed by atoms with E-state index in [1.54, 1.807) is 18.2 Å². The van der Waals surface area contributed by atoms with E-state index in [9.17, 15) is 4.79 Å². The minimum absolute atomic E-state index is 0.314. The maximum Gasteiger partial charge on any atom is 0.335 e. The van der Waals surface area contributed by atoms with Gasteiger partial charge in [-0.2, -0.15) is 0 Å². The molecule has 2 heteroatoms. The maximum absolute atomic E-state index is 10.8. The van der Waals surface area contributed by atoms with Crippen LogP contribution in [0.2, 0.25) is 0 Å². The summed E-state index contributed by atoms with van der Waals surface area (Å²) in [6.07, 6.45) is 1.77. The Kier molecular flexibility index (Phi) is 2.26. The van der Waals surface area contributed by atoms with Crippen LogP contribution in [0.5, 0.6) is 0 Å². The Hall–Kier alpha value is -2.09. The third-order valence-electron chi connectivity index (χ3n) is 2.35. The number of rotatable bonds is 2. The quantitative estimate of drug-likeness (QED) is 0.804. The van der Waals surface area contributed by atoms with Gasteiger partial charge in [-0.25, -0.2) is 4.79 Å². The van der Waals surface area contributed by atoms with Crippen LogP contribution in [0.4, 0.5) is 0 Å². The Balaban J connectivity index is 2.64. The number of carboxylic acid groups (broad SMARTS) is 1. The average molecular weight is 198 g/mol. The van der Waals surface area contributed by atoms with Crippen molar-refractivity contribution in [3.8, 4) is 0 Å². The molecule has 0 bridgehead atoms. The second-order valence-electron chi connectivity index (χ2n) is 3.33. The molecule has 0 aliphatic rings. The van der Waals surface area contributed by atoms with Gasteiger partial charge in [-0.3, -0.25) is 0 Å². The van der Waals surface area contributed by atoms with Crippen molar-refractivity contribution in [2.24, 2.45) is 0 Å². The highest BCUT2D eigenvalue weighted by molar-refractivity contribution is 5.94. The van der Waals surface area contributed by atoms with E-state index in [0.717, 1.165) is 16.3 Å². The van der Waals surface area contributed by atoms with Gasteiger partial charge in [0.15, 0.2) is 0 Å². The summed E-state index contributed by atoms with van der Waals surface area (Å²) in [4.78, 5) is 10.8. The molecule has 0 atom stereocenters.